The molecule has 0 aliphatic heterocycles. The summed E-state index contributed by atoms with van der Waals surface area (Å²) in [6.45, 7) is 2.01. The molecule has 0 fully saturated rings. The highest BCUT2D eigenvalue weighted by Gasteiger charge is 2.01. The van der Waals surface area contributed by atoms with Gasteiger partial charge in [-0.05, 0) is 12.5 Å². The molecule has 0 N–H and O–H groups in total. The third-order valence-electron chi connectivity index (χ3n) is 2.03. The van der Waals surface area contributed by atoms with Crippen LogP contribution in [0.25, 0.3) is 0 Å². The van der Waals surface area contributed by atoms with E-state index in [0.717, 1.165) is 22.7 Å². The minimum atomic E-state index is 0.647. The lowest BCUT2D eigenvalue weighted by atomic mass is 10.2. The van der Waals surface area contributed by atoms with Crippen LogP contribution < -0.4 is 4.74 Å². The van der Waals surface area contributed by atoms with E-state index in [1.54, 1.807) is 18.4 Å². The van der Waals surface area contributed by atoms with Crippen molar-refractivity contribution in [2.45, 2.75) is 13.3 Å². The molecule has 78 valence electrons. The van der Waals surface area contributed by atoms with E-state index in [2.05, 4.69) is 15.3 Å². The predicted molar refractivity (Wildman–Crippen MR) is 60.4 cm³/mol. The summed E-state index contributed by atoms with van der Waals surface area (Å²) in [5.74, 6) is 0.647. The largest absolute Gasteiger partial charge is 0.481 e. The Bertz CT molecular complexity index is 436. The molecule has 0 bridgehead atoms. The molecular formula is C11H12N2OS. The maximum atomic E-state index is 5.00. The summed E-state index contributed by atoms with van der Waals surface area (Å²) < 4.78 is 5.00. The van der Waals surface area contributed by atoms with Crippen LogP contribution in [0.1, 0.15) is 16.3 Å². The highest BCUT2D eigenvalue weighted by atomic mass is 32.1. The Hall–Kier alpha value is -1.42. The number of hydrogen-bond acceptors (Lipinski definition) is 4. The lowest BCUT2D eigenvalue weighted by Crippen LogP contribution is -1.91. The number of pyridine rings is 1. The van der Waals surface area contributed by atoms with Gasteiger partial charge in [0.25, 0.3) is 0 Å². The average Bonchev–Trinajstić information content (AvgIpc) is 2.65. The van der Waals surface area contributed by atoms with Crippen molar-refractivity contribution in [3.8, 4) is 5.88 Å². The van der Waals surface area contributed by atoms with E-state index in [0.29, 0.717) is 5.88 Å². The lowest BCUT2D eigenvalue weighted by molar-refractivity contribution is 0.397. The molecule has 0 unspecified atom stereocenters. The van der Waals surface area contributed by atoms with Crippen molar-refractivity contribution in [1.82, 2.24) is 9.97 Å². The molecule has 0 aromatic carbocycles. The fourth-order valence-corrected chi connectivity index (χ4v) is 2.10. The molecule has 0 aliphatic rings. The fourth-order valence-electron chi connectivity index (χ4n) is 1.29. The van der Waals surface area contributed by atoms with Crippen LogP contribution in [0.3, 0.4) is 0 Å². The molecule has 2 heterocycles. The third kappa shape index (κ3) is 2.53. The Morgan fingerprint density at radius 3 is 2.80 bits per heavy atom. The van der Waals surface area contributed by atoms with Gasteiger partial charge in [0.2, 0.25) is 5.88 Å². The Balaban J connectivity index is 2.11. The Kier molecular flexibility index (Phi) is 2.97. The monoisotopic (exact) mass is 220 g/mol. The first-order chi connectivity index (χ1) is 7.28. The summed E-state index contributed by atoms with van der Waals surface area (Å²) >= 11 is 1.68. The Labute approximate surface area is 92.8 Å². The van der Waals surface area contributed by atoms with Crippen molar-refractivity contribution >= 4 is 11.3 Å². The number of aromatic nitrogens is 2. The third-order valence-corrected chi connectivity index (χ3v) is 3.00. The van der Waals surface area contributed by atoms with Gasteiger partial charge in [-0.2, -0.15) is 0 Å². The molecule has 0 radical (unpaired) electrons. The number of aryl methyl sites for hydroxylation is 1. The molecule has 3 nitrogen and oxygen atoms in total. The van der Waals surface area contributed by atoms with Gasteiger partial charge < -0.3 is 4.74 Å². The SMILES string of the molecule is COc1ccc(Cc2nc(C)cs2)cn1. The van der Waals surface area contributed by atoms with Crippen molar-refractivity contribution in [2.24, 2.45) is 0 Å². The highest BCUT2D eigenvalue weighted by molar-refractivity contribution is 7.09. The zero-order valence-electron chi connectivity index (χ0n) is 8.73. The summed E-state index contributed by atoms with van der Waals surface area (Å²) in [4.78, 5) is 8.56. The van der Waals surface area contributed by atoms with Gasteiger partial charge in [-0.1, -0.05) is 6.07 Å². The standard InChI is InChI=1S/C11H12N2OS/c1-8-7-15-11(13-8)5-9-3-4-10(14-2)12-6-9/h3-4,6-7H,5H2,1-2H3. The van der Waals surface area contributed by atoms with Crippen LogP contribution in [-0.4, -0.2) is 17.1 Å². The highest BCUT2D eigenvalue weighted by Crippen LogP contribution is 2.15. The first-order valence-corrected chi connectivity index (χ1v) is 5.56. The number of hydrogen-bond donors (Lipinski definition) is 0. The first kappa shape index (κ1) is 10.1. The fraction of sp³-hybridized carbons (Fsp3) is 0.273. The van der Waals surface area contributed by atoms with Crippen LogP contribution >= 0.6 is 11.3 Å². The summed E-state index contributed by atoms with van der Waals surface area (Å²) in [7, 11) is 1.62. The summed E-state index contributed by atoms with van der Waals surface area (Å²) in [5, 5.41) is 3.19. The minimum absolute atomic E-state index is 0.647. The topological polar surface area (TPSA) is 35.0 Å². The summed E-state index contributed by atoms with van der Waals surface area (Å²) in [6, 6.07) is 3.89. The second-order valence-corrected chi connectivity index (χ2v) is 4.21. The second-order valence-electron chi connectivity index (χ2n) is 3.27. The predicted octanol–water partition coefficient (Wildman–Crippen LogP) is 2.45. The normalized spacial score (nSPS) is 10.3. The lowest BCUT2D eigenvalue weighted by Gasteiger charge is -2.00. The van der Waals surface area contributed by atoms with Crippen molar-refractivity contribution in [3.63, 3.8) is 0 Å². The first-order valence-electron chi connectivity index (χ1n) is 4.68. The van der Waals surface area contributed by atoms with Crippen molar-refractivity contribution in [2.75, 3.05) is 7.11 Å². The Morgan fingerprint density at radius 1 is 1.40 bits per heavy atom. The zero-order chi connectivity index (χ0) is 10.7. The molecule has 0 saturated heterocycles. The average molecular weight is 220 g/mol. The maximum absolute atomic E-state index is 5.00. The van der Waals surface area contributed by atoms with Gasteiger partial charge in [-0.15, -0.1) is 11.3 Å². The molecule has 15 heavy (non-hydrogen) atoms. The van der Waals surface area contributed by atoms with Crippen LogP contribution in [0.5, 0.6) is 5.88 Å². The maximum Gasteiger partial charge on any atom is 0.212 e. The number of nitrogens with zero attached hydrogens (tertiary/aromatic N) is 2. The van der Waals surface area contributed by atoms with Gasteiger partial charge in [0.15, 0.2) is 0 Å². The van der Waals surface area contributed by atoms with Crippen molar-refractivity contribution < 1.29 is 4.74 Å². The van der Waals surface area contributed by atoms with Gasteiger partial charge in [0, 0.05) is 29.8 Å². The summed E-state index contributed by atoms with van der Waals surface area (Å²) in [6.07, 6.45) is 2.67. The van der Waals surface area contributed by atoms with E-state index < -0.39 is 0 Å². The number of methoxy groups -OCH3 is 1. The van der Waals surface area contributed by atoms with Crippen molar-refractivity contribution in [1.29, 1.82) is 0 Å². The van der Waals surface area contributed by atoms with Gasteiger partial charge in [0.1, 0.15) is 0 Å². The molecule has 2 rings (SSSR count). The Morgan fingerprint density at radius 2 is 2.27 bits per heavy atom. The van der Waals surface area contributed by atoms with Crippen LogP contribution in [0, 0.1) is 6.92 Å². The number of rotatable bonds is 3. The molecule has 4 heteroatoms. The second kappa shape index (κ2) is 4.40. The van der Waals surface area contributed by atoms with Crippen molar-refractivity contribution in [3.05, 3.63) is 40.0 Å². The number of ether oxygens (including phenoxy) is 1. The molecular weight excluding hydrogens is 208 g/mol. The van der Waals surface area contributed by atoms with Gasteiger partial charge in [-0.3, -0.25) is 0 Å². The molecule has 0 spiro atoms. The van der Waals surface area contributed by atoms with E-state index in [1.165, 1.54) is 0 Å². The van der Waals surface area contributed by atoms with Crippen LogP contribution in [0.2, 0.25) is 0 Å². The van der Waals surface area contributed by atoms with Crippen LogP contribution in [0.4, 0.5) is 0 Å². The van der Waals surface area contributed by atoms with Gasteiger partial charge >= 0.3 is 0 Å². The van der Waals surface area contributed by atoms with Gasteiger partial charge in [0.05, 0.1) is 12.1 Å². The zero-order valence-corrected chi connectivity index (χ0v) is 9.54. The molecule has 0 aliphatic carbocycles. The van der Waals surface area contributed by atoms with Gasteiger partial charge in [-0.25, -0.2) is 9.97 Å². The molecule has 2 aromatic heterocycles. The van der Waals surface area contributed by atoms with E-state index in [1.807, 2.05) is 25.3 Å². The molecule has 0 atom stereocenters. The molecule has 0 amide bonds. The van der Waals surface area contributed by atoms with E-state index in [9.17, 15) is 0 Å². The quantitative estimate of drug-likeness (QED) is 0.797. The smallest absolute Gasteiger partial charge is 0.212 e. The van der Waals surface area contributed by atoms with E-state index >= 15 is 0 Å². The summed E-state index contributed by atoms with van der Waals surface area (Å²) in [5.41, 5.74) is 2.24. The van der Waals surface area contributed by atoms with Crippen LogP contribution in [-0.2, 0) is 6.42 Å². The van der Waals surface area contributed by atoms with E-state index in [-0.39, 0.29) is 0 Å². The van der Waals surface area contributed by atoms with Crippen LogP contribution in [0.15, 0.2) is 23.7 Å². The minimum Gasteiger partial charge on any atom is -0.481 e. The molecule has 0 saturated carbocycles. The number of thiazole rings is 1. The molecule has 2 aromatic rings. The van der Waals surface area contributed by atoms with E-state index in [4.69, 9.17) is 4.74 Å².